The quantitative estimate of drug-likeness (QED) is 0.888. The van der Waals surface area contributed by atoms with Crippen LogP contribution >= 0.6 is 0 Å². The van der Waals surface area contributed by atoms with Gasteiger partial charge in [-0.05, 0) is 56.8 Å². The first-order chi connectivity index (χ1) is 10.7. The van der Waals surface area contributed by atoms with E-state index in [0.29, 0.717) is 18.9 Å². The molecule has 1 aliphatic heterocycles. The normalized spacial score (nSPS) is 16.0. The molecule has 1 fully saturated rings. The molecule has 0 radical (unpaired) electrons. The lowest BCUT2D eigenvalue weighted by atomic mass is 9.93. The number of rotatable bonds is 5. The Morgan fingerprint density at radius 3 is 3.05 bits per heavy atom. The van der Waals surface area contributed by atoms with Crippen LogP contribution in [0.5, 0.6) is 0 Å². The summed E-state index contributed by atoms with van der Waals surface area (Å²) in [5.74, 6) is 0.831. The molecule has 0 atom stereocenters. The number of hydrogen-bond donors (Lipinski definition) is 2. The number of piperidine rings is 1. The lowest BCUT2D eigenvalue weighted by Crippen LogP contribution is -2.29. The van der Waals surface area contributed by atoms with Gasteiger partial charge in [-0.2, -0.15) is 0 Å². The molecule has 5 nitrogen and oxygen atoms in total. The summed E-state index contributed by atoms with van der Waals surface area (Å²) in [7, 11) is 0. The van der Waals surface area contributed by atoms with Gasteiger partial charge in [0.1, 0.15) is 5.65 Å². The summed E-state index contributed by atoms with van der Waals surface area (Å²) in [5, 5.41) is 6.34. The Labute approximate surface area is 131 Å². The number of carbonyl (C=O) groups is 1. The van der Waals surface area contributed by atoms with Crippen molar-refractivity contribution in [2.45, 2.75) is 39.2 Å². The molecule has 0 saturated carbocycles. The van der Waals surface area contributed by atoms with E-state index < -0.39 is 0 Å². The minimum Gasteiger partial charge on any atom is -0.350 e. The third-order valence-corrected chi connectivity index (χ3v) is 4.43. The van der Waals surface area contributed by atoms with Crippen molar-refractivity contribution in [1.82, 2.24) is 20.0 Å². The van der Waals surface area contributed by atoms with E-state index in [1.807, 2.05) is 35.9 Å². The summed E-state index contributed by atoms with van der Waals surface area (Å²) >= 11 is 0. The average molecular weight is 300 g/mol. The maximum Gasteiger partial charge on any atom is 0.220 e. The van der Waals surface area contributed by atoms with Gasteiger partial charge >= 0.3 is 0 Å². The molecule has 3 heterocycles. The first kappa shape index (κ1) is 15.0. The van der Waals surface area contributed by atoms with Crippen LogP contribution in [-0.4, -0.2) is 28.4 Å². The summed E-state index contributed by atoms with van der Waals surface area (Å²) in [6.45, 7) is 4.73. The van der Waals surface area contributed by atoms with Crippen molar-refractivity contribution in [2.75, 3.05) is 13.1 Å². The Balaban J connectivity index is 1.48. The third kappa shape index (κ3) is 3.65. The number of nitrogens with zero attached hydrogens (tertiary/aromatic N) is 2. The Morgan fingerprint density at radius 1 is 1.45 bits per heavy atom. The fourth-order valence-electron chi connectivity index (χ4n) is 3.07. The van der Waals surface area contributed by atoms with Crippen LogP contribution in [0, 0.1) is 12.8 Å². The van der Waals surface area contributed by atoms with Crippen LogP contribution in [0.25, 0.3) is 5.65 Å². The molecule has 3 rings (SSSR count). The summed E-state index contributed by atoms with van der Waals surface area (Å²) in [6, 6.07) is 4.05. The minimum atomic E-state index is 0.132. The van der Waals surface area contributed by atoms with Gasteiger partial charge in [0.2, 0.25) is 5.91 Å². The van der Waals surface area contributed by atoms with Gasteiger partial charge in [-0.15, -0.1) is 0 Å². The van der Waals surface area contributed by atoms with E-state index in [2.05, 4.69) is 15.6 Å². The van der Waals surface area contributed by atoms with Crippen molar-refractivity contribution in [3.63, 3.8) is 0 Å². The highest BCUT2D eigenvalue weighted by Crippen LogP contribution is 2.17. The predicted octanol–water partition coefficient (Wildman–Crippen LogP) is 2.04. The second kappa shape index (κ2) is 6.92. The highest BCUT2D eigenvalue weighted by molar-refractivity contribution is 5.75. The Kier molecular flexibility index (Phi) is 4.73. The second-order valence-corrected chi connectivity index (χ2v) is 6.16. The van der Waals surface area contributed by atoms with E-state index >= 15 is 0 Å². The van der Waals surface area contributed by atoms with Crippen molar-refractivity contribution < 1.29 is 4.79 Å². The van der Waals surface area contributed by atoms with Gasteiger partial charge in [0, 0.05) is 18.8 Å². The molecular weight excluding hydrogens is 276 g/mol. The molecule has 1 aliphatic rings. The number of aryl methyl sites for hydroxylation is 1. The fourth-order valence-corrected chi connectivity index (χ4v) is 3.07. The lowest BCUT2D eigenvalue weighted by Gasteiger charge is -2.22. The highest BCUT2D eigenvalue weighted by atomic mass is 16.1. The number of imidazole rings is 1. The number of amides is 1. The largest absolute Gasteiger partial charge is 0.350 e. The smallest absolute Gasteiger partial charge is 0.220 e. The summed E-state index contributed by atoms with van der Waals surface area (Å²) < 4.78 is 2.01. The fraction of sp³-hybridized carbons (Fsp3) is 0.529. The van der Waals surface area contributed by atoms with Gasteiger partial charge in [0.05, 0.1) is 12.2 Å². The average Bonchev–Trinajstić information content (AvgIpc) is 2.96. The van der Waals surface area contributed by atoms with Gasteiger partial charge in [0.25, 0.3) is 0 Å². The van der Waals surface area contributed by atoms with E-state index in [0.717, 1.165) is 36.4 Å². The number of fused-ring (bicyclic) bond motifs is 1. The van der Waals surface area contributed by atoms with E-state index in [-0.39, 0.29) is 5.91 Å². The number of hydrogen-bond acceptors (Lipinski definition) is 3. The Hall–Kier alpha value is -1.88. The monoisotopic (exact) mass is 300 g/mol. The van der Waals surface area contributed by atoms with E-state index in [9.17, 15) is 4.79 Å². The molecule has 118 valence electrons. The van der Waals surface area contributed by atoms with Crippen LogP contribution in [0.4, 0.5) is 0 Å². The summed E-state index contributed by atoms with van der Waals surface area (Å²) in [6.07, 6.45) is 7.97. The van der Waals surface area contributed by atoms with Gasteiger partial charge < -0.3 is 15.0 Å². The standard InChI is InChI=1S/C17H24N4O/c1-13-3-2-10-21-12-15(20-17(13)21)11-19-16(22)5-4-14-6-8-18-9-7-14/h2-3,10,12,14,18H,4-9,11H2,1H3,(H,19,22). The molecule has 5 heteroatoms. The molecule has 2 aromatic heterocycles. The number of carbonyl (C=O) groups excluding carboxylic acids is 1. The van der Waals surface area contributed by atoms with Gasteiger partial charge in [0.15, 0.2) is 0 Å². The molecule has 1 amide bonds. The predicted molar refractivity (Wildman–Crippen MR) is 86.6 cm³/mol. The van der Waals surface area contributed by atoms with E-state index in [4.69, 9.17) is 0 Å². The van der Waals surface area contributed by atoms with E-state index in [1.165, 1.54) is 12.8 Å². The molecule has 22 heavy (non-hydrogen) atoms. The van der Waals surface area contributed by atoms with Crippen molar-refractivity contribution in [1.29, 1.82) is 0 Å². The zero-order valence-corrected chi connectivity index (χ0v) is 13.1. The molecule has 0 aliphatic carbocycles. The highest BCUT2D eigenvalue weighted by Gasteiger charge is 2.14. The summed E-state index contributed by atoms with van der Waals surface area (Å²) in [4.78, 5) is 16.6. The van der Waals surface area contributed by atoms with Crippen LogP contribution in [0.1, 0.15) is 36.9 Å². The first-order valence-corrected chi connectivity index (χ1v) is 8.13. The van der Waals surface area contributed by atoms with Crippen molar-refractivity contribution in [3.05, 3.63) is 35.8 Å². The zero-order valence-electron chi connectivity index (χ0n) is 13.1. The van der Waals surface area contributed by atoms with Crippen LogP contribution in [0.15, 0.2) is 24.5 Å². The SMILES string of the molecule is Cc1cccn2cc(CNC(=O)CCC3CCNCC3)nc12. The van der Waals surface area contributed by atoms with Crippen LogP contribution < -0.4 is 10.6 Å². The van der Waals surface area contributed by atoms with Crippen LogP contribution in [0.2, 0.25) is 0 Å². The molecular formula is C17H24N4O. The van der Waals surface area contributed by atoms with Crippen LogP contribution in [-0.2, 0) is 11.3 Å². The molecule has 2 N–H and O–H groups in total. The Morgan fingerprint density at radius 2 is 2.27 bits per heavy atom. The molecule has 0 aromatic carbocycles. The minimum absolute atomic E-state index is 0.132. The van der Waals surface area contributed by atoms with E-state index in [1.54, 1.807) is 0 Å². The van der Waals surface area contributed by atoms with Gasteiger partial charge in [-0.1, -0.05) is 6.07 Å². The maximum absolute atomic E-state index is 12.0. The maximum atomic E-state index is 12.0. The van der Waals surface area contributed by atoms with Crippen molar-refractivity contribution in [3.8, 4) is 0 Å². The van der Waals surface area contributed by atoms with Crippen molar-refractivity contribution in [2.24, 2.45) is 5.92 Å². The third-order valence-electron chi connectivity index (χ3n) is 4.43. The number of aromatic nitrogens is 2. The lowest BCUT2D eigenvalue weighted by molar-refractivity contribution is -0.121. The van der Waals surface area contributed by atoms with Gasteiger partial charge in [-0.3, -0.25) is 4.79 Å². The van der Waals surface area contributed by atoms with Crippen molar-refractivity contribution >= 4 is 11.6 Å². The topological polar surface area (TPSA) is 58.4 Å². The molecule has 0 bridgehead atoms. The number of nitrogens with one attached hydrogen (secondary N) is 2. The second-order valence-electron chi connectivity index (χ2n) is 6.16. The Bertz CT molecular complexity index is 643. The zero-order chi connectivity index (χ0) is 15.4. The van der Waals surface area contributed by atoms with Crippen LogP contribution in [0.3, 0.4) is 0 Å². The summed E-state index contributed by atoms with van der Waals surface area (Å²) in [5.41, 5.74) is 3.01. The molecule has 1 saturated heterocycles. The number of pyridine rings is 1. The molecule has 0 spiro atoms. The first-order valence-electron chi connectivity index (χ1n) is 8.13. The van der Waals surface area contributed by atoms with Gasteiger partial charge in [-0.25, -0.2) is 4.98 Å². The molecule has 2 aromatic rings. The molecule has 0 unspecified atom stereocenters.